The number of aromatic amines is 1. The Balaban J connectivity index is 1.83. The first-order valence-corrected chi connectivity index (χ1v) is 8.70. The van der Waals surface area contributed by atoms with Crippen LogP contribution in [0.15, 0.2) is 35.7 Å². The van der Waals surface area contributed by atoms with Crippen LogP contribution in [0, 0.1) is 0 Å². The summed E-state index contributed by atoms with van der Waals surface area (Å²) in [5.74, 6) is -0.158. The largest absolute Gasteiger partial charge is 0.331 e. The average Bonchev–Trinajstić information content (AvgIpc) is 3.25. The highest BCUT2D eigenvalue weighted by molar-refractivity contribution is 7.89. The molecule has 1 atom stereocenters. The molecule has 122 valence electrons. The zero-order chi connectivity index (χ0) is 16.4. The monoisotopic (exact) mass is 335 g/mol. The third-order valence-corrected chi connectivity index (χ3v) is 5.27. The molecule has 1 saturated heterocycles. The normalized spacial score (nSPS) is 18.3. The van der Waals surface area contributed by atoms with Crippen molar-refractivity contribution >= 4 is 15.9 Å². The molecule has 0 radical (unpaired) electrons. The number of pyridine rings is 1. The van der Waals surface area contributed by atoms with Gasteiger partial charge in [0.1, 0.15) is 0 Å². The lowest BCUT2D eigenvalue weighted by molar-refractivity contribution is 0.0735. The highest BCUT2D eigenvalue weighted by Crippen LogP contribution is 2.32. The van der Waals surface area contributed by atoms with Gasteiger partial charge in [-0.3, -0.25) is 9.89 Å². The second kappa shape index (κ2) is 6.09. The summed E-state index contributed by atoms with van der Waals surface area (Å²) < 4.78 is 25.5. The number of sulfonamides is 1. The molecule has 0 aliphatic carbocycles. The van der Waals surface area contributed by atoms with Crippen LogP contribution in [0.3, 0.4) is 0 Å². The van der Waals surface area contributed by atoms with Gasteiger partial charge in [0.15, 0.2) is 5.03 Å². The molecule has 9 heteroatoms. The summed E-state index contributed by atoms with van der Waals surface area (Å²) in [7, 11) is -2.29. The van der Waals surface area contributed by atoms with Crippen molar-refractivity contribution in [3.8, 4) is 0 Å². The number of hydrogen-bond acceptors (Lipinski definition) is 5. The number of carbonyl (C=O) groups is 1. The van der Waals surface area contributed by atoms with Gasteiger partial charge in [0.2, 0.25) is 0 Å². The molecule has 1 amide bonds. The molecule has 1 unspecified atom stereocenters. The van der Waals surface area contributed by atoms with Crippen LogP contribution < -0.4 is 4.72 Å². The van der Waals surface area contributed by atoms with Crippen molar-refractivity contribution in [1.29, 1.82) is 0 Å². The van der Waals surface area contributed by atoms with Gasteiger partial charge in [-0.1, -0.05) is 0 Å². The summed E-state index contributed by atoms with van der Waals surface area (Å²) in [6.45, 7) is 0.658. The summed E-state index contributed by atoms with van der Waals surface area (Å²) in [5, 5.41) is 6.59. The number of nitrogens with zero attached hydrogens (tertiary/aromatic N) is 3. The molecule has 1 aliphatic heterocycles. The number of nitrogens with one attached hydrogen (secondary N) is 2. The van der Waals surface area contributed by atoms with Crippen LogP contribution in [-0.2, 0) is 10.0 Å². The van der Waals surface area contributed by atoms with Crippen molar-refractivity contribution in [2.75, 3.05) is 13.6 Å². The molecule has 0 aromatic carbocycles. The number of rotatable bonds is 4. The van der Waals surface area contributed by atoms with Crippen LogP contribution in [0.4, 0.5) is 0 Å². The lowest BCUT2D eigenvalue weighted by Crippen LogP contribution is -2.30. The number of carbonyl (C=O) groups excluding carboxylic acids is 1. The van der Waals surface area contributed by atoms with Crippen LogP contribution in [0.1, 0.15) is 34.8 Å². The fraction of sp³-hybridized carbons (Fsp3) is 0.357. The third-order valence-electron chi connectivity index (χ3n) is 3.95. The molecule has 0 bridgehead atoms. The molecule has 8 nitrogen and oxygen atoms in total. The summed E-state index contributed by atoms with van der Waals surface area (Å²) in [4.78, 5) is 18.3. The second-order valence-electron chi connectivity index (χ2n) is 5.28. The van der Waals surface area contributed by atoms with E-state index >= 15 is 0 Å². The van der Waals surface area contributed by atoms with Crippen molar-refractivity contribution in [2.24, 2.45) is 0 Å². The van der Waals surface area contributed by atoms with Gasteiger partial charge in [0.05, 0.1) is 17.8 Å². The Labute approximate surface area is 134 Å². The zero-order valence-corrected chi connectivity index (χ0v) is 13.4. The molecular formula is C14H17N5O3S. The van der Waals surface area contributed by atoms with Crippen LogP contribution in [0.5, 0.6) is 0 Å². The number of aromatic nitrogens is 3. The number of likely N-dealkylation sites (tertiary alicyclic amines) is 1. The number of amides is 1. The van der Waals surface area contributed by atoms with Crippen LogP contribution in [0.2, 0.25) is 0 Å². The fourth-order valence-corrected chi connectivity index (χ4v) is 3.38. The Kier molecular flexibility index (Phi) is 4.14. The second-order valence-corrected chi connectivity index (χ2v) is 7.11. The lowest BCUT2D eigenvalue weighted by Gasteiger charge is -2.23. The van der Waals surface area contributed by atoms with E-state index in [1.54, 1.807) is 17.3 Å². The van der Waals surface area contributed by atoms with Crippen LogP contribution in [-0.4, -0.2) is 48.0 Å². The summed E-state index contributed by atoms with van der Waals surface area (Å²) >= 11 is 0. The molecule has 3 rings (SSSR count). The van der Waals surface area contributed by atoms with Crippen molar-refractivity contribution in [3.63, 3.8) is 0 Å². The highest BCUT2D eigenvalue weighted by atomic mass is 32.2. The minimum Gasteiger partial charge on any atom is -0.331 e. The molecule has 2 aromatic heterocycles. The van der Waals surface area contributed by atoms with E-state index in [1.165, 1.54) is 25.4 Å². The van der Waals surface area contributed by atoms with Gasteiger partial charge in [0.25, 0.3) is 15.9 Å². The van der Waals surface area contributed by atoms with E-state index in [2.05, 4.69) is 19.9 Å². The Morgan fingerprint density at radius 1 is 1.39 bits per heavy atom. The summed E-state index contributed by atoms with van der Waals surface area (Å²) in [6, 6.07) is 2.81. The van der Waals surface area contributed by atoms with Gasteiger partial charge in [0, 0.05) is 24.5 Å². The maximum atomic E-state index is 12.7. The van der Waals surface area contributed by atoms with Gasteiger partial charge in [-0.05, 0) is 32.0 Å². The van der Waals surface area contributed by atoms with E-state index in [9.17, 15) is 13.2 Å². The third kappa shape index (κ3) is 2.97. The Morgan fingerprint density at radius 2 is 2.22 bits per heavy atom. The maximum absolute atomic E-state index is 12.7. The fourth-order valence-electron chi connectivity index (χ4n) is 2.74. The van der Waals surface area contributed by atoms with Crippen molar-refractivity contribution < 1.29 is 13.2 Å². The zero-order valence-electron chi connectivity index (χ0n) is 12.6. The maximum Gasteiger partial charge on any atom is 0.257 e. The highest BCUT2D eigenvalue weighted by Gasteiger charge is 2.31. The molecule has 1 aliphatic rings. The van der Waals surface area contributed by atoms with E-state index in [4.69, 9.17) is 0 Å². The predicted molar refractivity (Wildman–Crippen MR) is 82.1 cm³/mol. The van der Waals surface area contributed by atoms with Crippen molar-refractivity contribution in [2.45, 2.75) is 23.9 Å². The minimum absolute atomic E-state index is 0.0121. The van der Waals surface area contributed by atoms with E-state index in [-0.39, 0.29) is 17.0 Å². The molecule has 23 heavy (non-hydrogen) atoms. The predicted octanol–water partition coefficient (Wildman–Crippen LogP) is 0.690. The standard InChI is InChI=1S/C14H17N5O3S/c1-15-23(21,22)13-5-4-10(7-16-13)14(20)19-6-2-3-12(19)11-8-17-18-9-11/h4-5,7-9,12,15H,2-3,6H2,1H3,(H,17,18). The quantitative estimate of drug-likeness (QED) is 0.854. The Hall–Kier alpha value is -2.26. The topological polar surface area (TPSA) is 108 Å². The Morgan fingerprint density at radius 3 is 2.83 bits per heavy atom. The van der Waals surface area contributed by atoms with Crippen molar-refractivity contribution in [1.82, 2.24) is 24.8 Å². The van der Waals surface area contributed by atoms with Gasteiger partial charge < -0.3 is 4.90 Å². The SMILES string of the molecule is CNS(=O)(=O)c1ccc(C(=O)N2CCCC2c2cn[nH]c2)cn1. The first-order chi connectivity index (χ1) is 11.0. The Bertz CT molecular complexity index is 786. The number of H-pyrrole nitrogens is 1. The first kappa shape index (κ1) is 15.6. The smallest absolute Gasteiger partial charge is 0.257 e. The van der Waals surface area contributed by atoms with Gasteiger partial charge in [-0.25, -0.2) is 18.1 Å². The van der Waals surface area contributed by atoms with Crippen LogP contribution >= 0.6 is 0 Å². The van der Waals surface area contributed by atoms with E-state index in [0.29, 0.717) is 12.1 Å². The summed E-state index contributed by atoms with van der Waals surface area (Å²) in [6.07, 6.45) is 6.61. The molecule has 0 spiro atoms. The minimum atomic E-state index is -3.60. The molecule has 2 N–H and O–H groups in total. The van der Waals surface area contributed by atoms with E-state index in [1.807, 2.05) is 0 Å². The van der Waals surface area contributed by atoms with Crippen molar-refractivity contribution in [3.05, 3.63) is 41.9 Å². The van der Waals surface area contributed by atoms with Gasteiger partial charge >= 0.3 is 0 Å². The lowest BCUT2D eigenvalue weighted by atomic mass is 10.1. The average molecular weight is 335 g/mol. The number of hydrogen-bond donors (Lipinski definition) is 2. The summed E-state index contributed by atoms with van der Waals surface area (Å²) in [5.41, 5.74) is 1.34. The molecule has 3 heterocycles. The first-order valence-electron chi connectivity index (χ1n) is 7.22. The van der Waals surface area contributed by atoms with E-state index < -0.39 is 10.0 Å². The van der Waals surface area contributed by atoms with Crippen LogP contribution in [0.25, 0.3) is 0 Å². The molecular weight excluding hydrogens is 318 g/mol. The molecule has 0 saturated carbocycles. The molecule has 2 aromatic rings. The van der Waals surface area contributed by atoms with Gasteiger partial charge in [-0.15, -0.1) is 0 Å². The van der Waals surface area contributed by atoms with E-state index in [0.717, 1.165) is 18.4 Å². The molecule has 1 fully saturated rings. The van der Waals surface area contributed by atoms with Gasteiger partial charge in [-0.2, -0.15) is 5.10 Å².